The molecule has 1 amide bonds. The van der Waals surface area contributed by atoms with Crippen LogP contribution in [0.3, 0.4) is 0 Å². The smallest absolute Gasteiger partial charge is 0.226 e. The van der Waals surface area contributed by atoms with Gasteiger partial charge < -0.3 is 9.64 Å². The van der Waals surface area contributed by atoms with E-state index in [0.717, 1.165) is 31.6 Å². The minimum Gasteiger partial charge on any atom is -0.496 e. The fraction of sp³-hybridized carbons (Fsp3) is 0.611. The van der Waals surface area contributed by atoms with Gasteiger partial charge in [0.15, 0.2) is 0 Å². The molecule has 0 unspecified atom stereocenters. The Morgan fingerprint density at radius 1 is 1.33 bits per heavy atom. The highest BCUT2D eigenvalue weighted by Gasteiger charge is 2.48. The van der Waals surface area contributed by atoms with E-state index in [2.05, 4.69) is 24.8 Å². The van der Waals surface area contributed by atoms with Gasteiger partial charge in [-0.15, -0.1) is 0 Å². The first-order valence-electron chi connectivity index (χ1n) is 8.07. The van der Waals surface area contributed by atoms with Crippen molar-refractivity contribution in [1.82, 2.24) is 4.90 Å². The molecule has 0 aromatic heterocycles. The number of methoxy groups -OCH3 is 1. The number of amides is 1. The summed E-state index contributed by atoms with van der Waals surface area (Å²) in [6.07, 6.45) is 3.29. The van der Waals surface area contributed by atoms with Crippen LogP contribution in [0.2, 0.25) is 0 Å². The number of nitrogens with zero attached hydrogens (tertiary/aromatic N) is 1. The predicted molar refractivity (Wildman–Crippen MR) is 83.4 cm³/mol. The molecule has 2 aliphatic rings. The van der Waals surface area contributed by atoms with Gasteiger partial charge in [0.05, 0.1) is 7.11 Å². The highest BCUT2D eigenvalue weighted by Crippen LogP contribution is 2.51. The number of hydrogen-bond donors (Lipinski definition) is 0. The third kappa shape index (κ3) is 2.66. The molecule has 1 heterocycles. The van der Waals surface area contributed by atoms with Crippen LogP contribution >= 0.6 is 0 Å². The molecule has 3 nitrogen and oxygen atoms in total. The zero-order chi connectivity index (χ0) is 15.0. The summed E-state index contributed by atoms with van der Waals surface area (Å²) in [5.41, 5.74) is 1.19. The Hall–Kier alpha value is -1.51. The Labute approximate surface area is 127 Å². The molecule has 1 saturated heterocycles. The number of benzene rings is 1. The van der Waals surface area contributed by atoms with E-state index in [1.165, 1.54) is 5.56 Å². The van der Waals surface area contributed by atoms with Gasteiger partial charge in [0.1, 0.15) is 5.75 Å². The van der Waals surface area contributed by atoms with Crippen LogP contribution in [0.1, 0.15) is 44.6 Å². The summed E-state index contributed by atoms with van der Waals surface area (Å²) in [4.78, 5) is 14.9. The van der Waals surface area contributed by atoms with Gasteiger partial charge in [0, 0.05) is 18.5 Å². The summed E-state index contributed by atoms with van der Waals surface area (Å²) in [5, 5.41) is 0. The number of para-hydroxylation sites is 1. The van der Waals surface area contributed by atoms with Crippen LogP contribution in [-0.2, 0) is 4.79 Å². The van der Waals surface area contributed by atoms with Crippen molar-refractivity contribution < 1.29 is 9.53 Å². The molecule has 0 bridgehead atoms. The molecule has 2 fully saturated rings. The zero-order valence-corrected chi connectivity index (χ0v) is 13.2. The Bertz CT molecular complexity index is 526. The van der Waals surface area contributed by atoms with Gasteiger partial charge in [-0.3, -0.25) is 4.79 Å². The molecule has 0 radical (unpaired) electrons. The molecule has 1 saturated carbocycles. The zero-order valence-electron chi connectivity index (χ0n) is 13.2. The average molecular weight is 287 g/mol. The number of hydrogen-bond acceptors (Lipinski definition) is 2. The predicted octanol–water partition coefficient (Wildman–Crippen LogP) is 3.45. The molecule has 1 aromatic carbocycles. The molecule has 1 aromatic rings. The maximum Gasteiger partial charge on any atom is 0.226 e. The van der Waals surface area contributed by atoms with E-state index < -0.39 is 0 Å². The molecule has 114 valence electrons. The Morgan fingerprint density at radius 2 is 2.10 bits per heavy atom. The number of carbonyl (C=O) groups is 1. The van der Waals surface area contributed by atoms with E-state index in [1.54, 1.807) is 7.11 Å². The summed E-state index contributed by atoms with van der Waals surface area (Å²) in [7, 11) is 1.70. The second kappa shape index (κ2) is 5.70. The van der Waals surface area contributed by atoms with Gasteiger partial charge in [-0.05, 0) is 42.7 Å². The quantitative estimate of drug-likeness (QED) is 0.849. The molecule has 3 atom stereocenters. The van der Waals surface area contributed by atoms with Crippen molar-refractivity contribution in [3.63, 3.8) is 0 Å². The minimum atomic E-state index is 0.167. The normalized spacial score (nSPS) is 28.0. The third-order valence-electron chi connectivity index (χ3n) is 5.00. The van der Waals surface area contributed by atoms with E-state index >= 15 is 0 Å². The molecular formula is C18H25NO2. The SMILES string of the molecule is COc1ccccc1[C@H]1C[C@@H]1C(=O)N1CCC[C@@H]1C(C)C. The molecule has 0 spiro atoms. The number of likely N-dealkylation sites (tertiary alicyclic amines) is 1. The van der Waals surface area contributed by atoms with Crippen LogP contribution in [0, 0.1) is 11.8 Å². The Morgan fingerprint density at radius 3 is 2.81 bits per heavy atom. The molecule has 3 heteroatoms. The van der Waals surface area contributed by atoms with Crippen molar-refractivity contribution in [1.29, 1.82) is 0 Å². The summed E-state index contributed by atoms with van der Waals surface area (Å²) in [6.45, 7) is 5.39. The number of ether oxygens (including phenoxy) is 1. The molecule has 1 aliphatic carbocycles. The first-order chi connectivity index (χ1) is 10.1. The monoisotopic (exact) mass is 287 g/mol. The van der Waals surface area contributed by atoms with Crippen molar-refractivity contribution in [2.24, 2.45) is 11.8 Å². The van der Waals surface area contributed by atoms with Crippen molar-refractivity contribution >= 4 is 5.91 Å². The Balaban J connectivity index is 1.71. The first kappa shape index (κ1) is 14.4. The second-order valence-electron chi connectivity index (χ2n) is 6.68. The van der Waals surface area contributed by atoms with Crippen molar-refractivity contribution in [2.45, 2.75) is 45.1 Å². The fourth-order valence-corrected chi connectivity index (χ4v) is 3.76. The van der Waals surface area contributed by atoms with Crippen molar-refractivity contribution in [2.75, 3.05) is 13.7 Å². The number of rotatable bonds is 4. The van der Waals surface area contributed by atoms with E-state index in [0.29, 0.717) is 23.8 Å². The first-order valence-corrected chi connectivity index (χ1v) is 8.07. The van der Waals surface area contributed by atoms with Crippen LogP contribution in [0.5, 0.6) is 5.75 Å². The largest absolute Gasteiger partial charge is 0.496 e. The van der Waals surface area contributed by atoms with Gasteiger partial charge in [0.25, 0.3) is 0 Å². The average Bonchev–Trinajstić information content (AvgIpc) is 3.13. The summed E-state index contributed by atoms with van der Waals surface area (Å²) >= 11 is 0. The topological polar surface area (TPSA) is 29.5 Å². The second-order valence-corrected chi connectivity index (χ2v) is 6.68. The van der Waals surface area contributed by atoms with Crippen LogP contribution in [0.25, 0.3) is 0 Å². The summed E-state index contributed by atoms with van der Waals surface area (Å²) in [6, 6.07) is 8.54. The lowest BCUT2D eigenvalue weighted by atomic mass is 10.0. The van der Waals surface area contributed by atoms with Crippen molar-refractivity contribution in [3.8, 4) is 5.75 Å². The van der Waals surface area contributed by atoms with E-state index in [9.17, 15) is 4.79 Å². The van der Waals surface area contributed by atoms with Gasteiger partial charge in [0.2, 0.25) is 5.91 Å². The van der Waals surface area contributed by atoms with E-state index in [4.69, 9.17) is 4.74 Å². The summed E-state index contributed by atoms with van der Waals surface area (Å²) < 4.78 is 5.43. The van der Waals surface area contributed by atoms with Gasteiger partial charge in [-0.2, -0.15) is 0 Å². The molecule has 1 aliphatic heterocycles. The maximum absolute atomic E-state index is 12.8. The Kier molecular flexibility index (Phi) is 3.92. The van der Waals surface area contributed by atoms with Crippen LogP contribution < -0.4 is 4.74 Å². The van der Waals surface area contributed by atoms with Gasteiger partial charge >= 0.3 is 0 Å². The lowest BCUT2D eigenvalue weighted by Crippen LogP contribution is -2.39. The third-order valence-corrected chi connectivity index (χ3v) is 5.00. The number of carbonyl (C=O) groups excluding carboxylic acids is 1. The highest BCUT2D eigenvalue weighted by molar-refractivity contribution is 5.83. The molecular weight excluding hydrogens is 262 g/mol. The van der Waals surface area contributed by atoms with Crippen molar-refractivity contribution in [3.05, 3.63) is 29.8 Å². The van der Waals surface area contributed by atoms with E-state index in [-0.39, 0.29) is 5.92 Å². The minimum absolute atomic E-state index is 0.167. The van der Waals surface area contributed by atoms with Crippen LogP contribution in [0.4, 0.5) is 0 Å². The highest BCUT2D eigenvalue weighted by atomic mass is 16.5. The molecule has 3 rings (SSSR count). The molecule has 21 heavy (non-hydrogen) atoms. The van der Waals surface area contributed by atoms with Crippen LogP contribution in [-0.4, -0.2) is 30.5 Å². The van der Waals surface area contributed by atoms with Crippen LogP contribution in [0.15, 0.2) is 24.3 Å². The van der Waals surface area contributed by atoms with E-state index in [1.807, 2.05) is 18.2 Å². The van der Waals surface area contributed by atoms with Gasteiger partial charge in [-0.25, -0.2) is 0 Å². The van der Waals surface area contributed by atoms with Gasteiger partial charge in [-0.1, -0.05) is 32.0 Å². The lowest BCUT2D eigenvalue weighted by molar-refractivity contribution is -0.134. The maximum atomic E-state index is 12.8. The standard InChI is InChI=1S/C18H25NO2/c1-12(2)16-8-6-10-19(16)18(20)15-11-14(15)13-7-4-5-9-17(13)21-3/h4-5,7,9,12,14-16H,6,8,10-11H2,1-3H3/t14-,15+,16-/m1/s1. The summed E-state index contributed by atoms with van der Waals surface area (Å²) in [5.74, 6) is 2.35. The molecule has 0 N–H and O–H groups in total. The fourth-order valence-electron chi connectivity index (χ4n) is 3.76. The lowest BCUT2D eigenvalue weighted by Gasteiger charge is -2.28.